The number of hydrogen-bond acceptors (Lipinski definition) is 4. The van der Waals surface area contributed by atoms with Crippen molar-refractivity contribution in [2.24, 2.45) is 0 Å². The van der Waals surface area contributed by atoms with Crippen LogP contribution in [0.3, 0.4) is 0 Å². The predicted molar refractivity (Wildman–Crippen MR) is 89.6 cm³/mol. The predicted octanol–water partition coefficient (Wildman–Crippen LogP) is 4.13. The van der Waals surface area contributed by atoms with Gasteiger partial charge in [-0.3, -0.25) is 9.69 Å². The van der Waals surface area contributed by atoms with Gasteiger partial charge in [-0.1, -0.05) is 6.07 Å². The molecular formula is C17H18F2N2O2S. The number of rotatable bonds is 6. The SMILES string of the molecule is O=C(CN1CCC[C@H]1c1cccs1)Nc1ccc(OC(F)F)cc1. The van der Waals surface area contributed by atoms with Crippen LogP contribution in [0.2, 0.25) is 0 Å². The lowest BCUT2D eigenvalue weighted by molar-refractivity contribution is -0.117. The minimum atomic E-state index is -2.85. The first-order chi connectivity index (χ1) is 11.6. The van der Waals surface area contributed by atoms with E-state index in [0.717, 1.165) is 19.4 Å². The first-order valence-corrected chi connectivity index (χ1v) is 8.62. The molecule has 0 saturated carbocycles. The molecule has 2 heterocycles. The van der Waals surface area contributed by atoms with Crippen molar-refractivity contribution >= 4 is 22.9 Å². The Morgan fingerprint density at radius 1 is 1.33 bits per heavy atom. The Hall–Kier alpha value is -1.99. The Kier molecular flexibility index (Phi) is 5.42. The van der Waals surface area contributed by atoms with Crippen LogP contribution in [-0.4, -0.2) is 30.5 Å². The fourth-order valence-corrected chi connectivity index (χ4v) is 3.82. The van der Waals surface area contributed by atoms with Crippen LogP contribution in [0, 0.1) is 0 Å². The molecule has 1 fully saturated rings. The summed E-state index contributed by atoms with van der Waals surface area (Å²) >= 11 is 1.71. The highest BCUT2D eigenvalue weighted by molar-refractivity contribution is 7.10. The van der Waals surface area contributed by atoms with Crippen LogP contribution in [0.1, 0.15) is 23.8 Å². The van der Waals surface area contributed by atoms with Gasteiger partial charge in [0.1, 0.15) is 5.75 Å². The summed E-state index contributed by atoms with van der Waals surface area (Å²) in [6.07, 6.45) is 2.14. The van der Waals surface area contributed by atoms with Crippen LogP contribution in [-0.2, 0) is 4.79 Å². The highest BCUT2D eigenvalue weighted by atomic mass is 32.1. The maximum atomic E-state index is 12.2. The number of alkyl halides is 2. The van der Waals surface area contributed by atoms with Gasteiger partial charge in [-0.05, 0) is 55.1 Å². The number of benzene rings is 1. The summed E-state index contributed by atoms with van der Waals surface area (Å²) in [5, 5.41) is 4.85. The molecule has 1 aromatic heterocycles. The summed E-state index contributed by atoms with van der Waals surface area (Å²) < 4.78 is 28.5. The number of carbonyl (C=O) groups is 1. The lowest BCUT2D eigenvalue weighted by Gasteiger charge is -2.22. The lowest BCUT2D eigenvalue weighted by Crippen LogP contribution is -2.32. The molecule has 4 nitrogen and oxygen atoms in total. The van der Waals surface area contributed by atoms with Gasteiger partial charge in [-0.2, -0.15) is 8.78 Å². The molecule has 128 valence electrons. The average Bonchev–Trinajstić information content (AvgIpc) is 3.19. The van der Waals surface area contributed by atoms with E-state index in [1.54, 1.807) is 23.5 Å². The van der Waals surface area contributed by atoms with Gasteiger partial charge in [0.2, 0.25) is 5.91 Å². The standard InChI is InChI=1S/C17H18F2N2O2S/c18-17(19)23-13-7-5-12(6-8-13)20-16(22)11-21-9-1-3-14(21)15-4-2-10-24-15/h2,4-8,10,14,17H,1,3,9,11H2,(H,20,22)/t14-/m0/s1. The third-order valence-corrected chi connectivity index (χ3v) is 4.92. The molecule has 3 rings (SSSR count). The molecule has 0 unspecified atom stereocenters. The number of halogens is 2. The molecule has 1 N–H and O–H groups in total. The second-order valence-electron chi connectivity index (χ2n) is 5.59. The molecule has 1 aromatic carbocycles. The van der Waals surface area contributed by atoms with Gasteiger partial charge in [0.15, 0.2) is 0 Å². The summed E-state index contributed by atoms with van der Waals surface area (Å²) in [5.41, 5.74) is 0.563. The quantitative estimate of drug-likeness (QED) is 0.850. The van der Waals surface area contributed by atoms with Crippen molar-refractivity contribution in [2.45, 2.75) is 25.5 Å². The molecule has 0 bridgehead atoms. The van der Waals surface area contributed by atoms with E-state index in [1.807, 2.05) is 6.07 Å². The van der Waals surface area contributed by atoms with Gasteiger partial charge in [0.25, 0.3) is 0 Å². The van der Waals surface area contributed by atoms with Crippen molar-refractivity contribution in [3.05, 3.63) is 46.7 Å². The minimum Gasteiger partial charge on any atom is -0.435 e. The number of nitrogens with zero attached hydrogens (tertiary/aromatic N) is 1. The summed E-state index contributed by atoms with van der Waals surface area (Å²) in [7, 11) is 0. The van der Waals surface area contributed by atoms with Gasteiger partial charge in [0.05, 0.1) is 6.54 Å². The topological polar surface area (TPSA) is 41.6 Å². The molecule has 1 aliphatic rings. The molecule has 24 heavy (non-hydrogen) atoms. The van der Waals surface area contributed by atoms with Gasteiger partial charge < -0.3 is 10.1 Å². The van der Waals surface area contributed by atoms with Crippen molar-refractivity contribution in [1.82, 2.24) is 4.90 Å². The van der Waals surface area contributed by atoms with E-state index in [2.05, 4.69) is 26.4 Å². The molecule has 7 heteroatoms. The Bertz CT molecular complexity index is 662. The molecular weight excluding hydrogens is 334 g/mol. The summed E-state index contributed by atoms with van der Waals surface area (Å²) in [5.74, 6) is -0.0405. The van der Waals surface area contributed by atoms with Crippen molar-refractivity contribution in [1.29, 1.82) is 0 Å². The number of amides is 1. The number of hydrogen-bond donors (Lipinski definition) is 1. The number of ether oxygens (including phenoxy) is 1. The van der Waals surface area contributed by atoms with E-state index >= 15 is 0 Å². The molecule has 1 amide bonds. The van der Waals surface area contributed by atoms with E-state index in [-0.39, 0.29) is 11.7 Å². The minimum absolute atomic E-state index is 0.0697. The highest BCUT2D eigenvalue weighted by Gasteiger charge is 2.28. The zero-order valence-corrected chi connectivity index (χ0v) is 13.8. The largest absolute Gasteiger partial charge is 0.435 e. The summed E-state index contributed by atoms with van der Waals surface area (Å²) in [4.78, 5) is 15.7. The first kappa shape index (κ1) is 16.9. The Balaban J connectivity index is 1.55. The Morgan fingerprint density at radius 3 is 2.79 bits per heavy atom. The summed E-state index contributed by atoms with van der Waals surface area (Å²) in [6.45, 7) is -1.63. The summed E-state index contributed by atoms with van der Waals surface area (Å²) in [6, 6.07) is 10.4. The maximum absolute atomic E-state index is 12.2. The number of anilines is 1. The zero-order valence-electron chi connectivity index (χ0n) is 13.0. The van der Waals surface area contributed by atoms with E-state index in [4.69, 9.17) is 0 Å². The molecule has 0 spiro atoms. The third kappa shape index (κ3) is 4.30. The van der Waals surface area contributed by atoms with Crippen LogP contribution < -0.4 is 10.1 Å². The van der Waals surface area contributed by atoms with Crippen LogP contribution in [0.5, 0.6) is 5.75 Å². The highest BCUT2D eigenvalue weighted by Crippen LogP contribution is 2.34. The van der Waals surface area contributed by atoms with Crippen LogP contribution in [0.4, 0.5) is 14.5 Å². The fourth-order valence-electron chi connectivity index (χ4n) is 2.92. The van der Waals surface area contributed by atoms with Crippen molar-refractivity contribution in [3.63, 3.8) is 0 Å². The monoisotopic (exact) mass is 352 g/mol. The Labute approximate surface area is 143 Å². The van der Waals surface area contributed by atoms with Crippen LogP contribution in [0.15, 0.2) is 41.8 Å². The second-order valence-corrected chi connectivity index (χ2v) is 6.57. The van der Waals surface area contributed by atoms with Gasteiger partial charge >= 0.3 is 6.61 Å². The lowest BCUT2D eigenvalue weighted by atomic mass is 10.2. The number of carbonyl (C=O) groups excluding carboxylic acids is 1. The zero-order chi connectivity index (χ0) is 16.9. The van der Waals surface area contributed by atoms with Gasteiger partial charge in [-0.15, -0.1) is 11.3 Å². The first-order valence-electron chi connectivity index (χ1n) is 7.74. The van der Waals surface area contributed by atoms with Gasteiger partial charge in [-0.25, -0.2) is 0 Å². The van der Waals surface area contributed by atoms with Crippen molar-refractivity contribution in [2.75, 3.05) is 18.4 Å². The van der Waals surface area contributed by atoms with E-state index in [1.165, 1.54) is 17.0 Å². The number of nitrogens with one attached hydrogen (secondary N) is 1. The van der Waals surface area contributed by atoms with Crippen LogP contribution in [0.25, 0.3) is 0 Å². The smallest absolute Gasteiger partial charge is 0.387 e. The molecule has 1 aliphatic heterocycles. The second kappa shape index (κ2) is 7.72. The molecule has 2 aromatic rings. The van der Waals surface area contributed by atoms with Crippen LogP contribution >= 0.6 is 11.3 Å². The molecule has 0 aliphatic carbocycles. The average molecular weight is 352 g/mol. The number of likely N-dealkylation sites (tertiary alicyclic amines) is 1. The van der Waals surface area contributed by atoms with E-state index in [0.29, 0.717) is 18.3 Å². The van der Waals surface area contributed by atoms with Crippen molar-refractivity contribution < 1.29 is 18.3 Å². The molecule has 1 atom stereocenters. The van der Waals surface area contributed by atoms with Crippen molar-refractivity contribution in [3.8, 4) is 5.75 Å². The normalized spacial score (nSPS) is 18.0. The third-order valence-electron chi connectivity index (χ3n) is 3.95. The fraction of sp³-hybridized carbons (Fsp3) is 0.353. The maximum Gasteiger partial charge on any atom is 0.387 e. The molecule has 0 radical (unpaired) electrons. The van der Waals surface area contributed by atoms with E-state index in [9.17, 15) is 13.6 Å². The van der Waals surface area contributed by atoms with E-state index < -0.39 is 6.61 Å². The molecule has 1 saturated heterocycles. The Morgan fingerprint density at radius 2 is 2.12 bits per heavy atom. The number of thiophene rings is 1. The van der Waals surface area contributed by atoms with Gasteiger partial charge in [0, 0.05) is 16.6 Å².